The van der Waals surface area contributed by atoms with Crippen molar-refractivity contribution in [1.29, 1.82) is 0 Å². The molecule has 0 bridgehead atoms. The summed E-state index contributed by atoms with van der Waals surface area (Å²) in [5, 5.41) is 11.5. The molecule has 0 aromatic heterocycles. The third-order valence-electron chi connectivity index (χ3n) is 3.68. The average Bonchev–Trinajstić information content (AvgIpc) is 2.56. The van der Waals surface area contributed by atoms with E-state index in [0.717, 1.165) is 0 Å². The first-order valence-electron chi connectivity index (χ1n) is 7.30. The number of phenols is 1. The zero-order chi connectivity index (χ0) is 16.4. The Morgan fingerprint density at radius 3 is 2.39 bits per heavy atom. The van der Waals surface area contributed by atoms with Crippen molar-refractivity contribution in [1.82, 2.24) is 0 Å². The van der Waals surface area contributed by atoms with Crippen molar-refractivity contribution in [2.24, 2.45) is 0 Å². The van der Waals surface area contributed by atoms with Gasteiger partial charge in [0, 0.05) is 10.9 Å². The largest absolute Gasteiger partial charge is 0.506 e. The average molecular weight is 310 g/mol. The second kappa shape index (κ2) is 6.08. The van der Waals surface area contributed by atoms with Gasteiger partial charge in [-0.15, -0.1) is 0 Å². The summed E-state index contributed by atoms with van der Waals surface area (Å²) in [7, 11) is 0. The van der Waals surface area contributed by atoms with Gasteiger partial charge in [0.25, 0.3) is 0 Å². The minimum absolute atomic E-state index is 0.0313. The van der Waals surface area contributed by atoms with E-state index in [1.807, 2.05) is 0 Å². The van der Waals surface area contributed by atoms with Crippen molar-refractivity contribution in [3.05, 3.63) is 66.0 Å². The number of benzene rings is 3. The number of esters is 1. The standard InChI is InChI=1S/C19H15FO3/c1-2-23-19(22)16-11-15(13-8-5-6-10-17(13)20)12-7-3-4-9-14(12)18(16)21/h3-11,21H,2H2,1H3. The fourth-order valence-corrected chi connectivity index (χ4v) is 2.63. The Labute approximate surface area is 132 Å². The second-order valence-electron chi connectivity index (χ2n) is 5.07. The molecule has 3 aromatic carbocycles. The molecule has 0 aliphatic heterocycles. The van der Waals surface area contributed by atoms with Crippen LogP contribution in [0.1, 0.15) is 17.3 Å². The summed E-state index contributed by atoms with van der Waals surface area (Å²) in [5.74, 6) is -1.18. The normalized spacial score (nSPS) is 10.7. The lowest BCUT2D eigenvalue weighted by molar-refractivity contribution is 0.0523. The summed E-state index contributed by atoms with van der Waals surface area (Å²) < 4.78 is 19.2. The topological polar surface area (TPSA) is 46.5 Å². The molecule has 0 unspecified atom stereocenters. The highest BCUT2D eigenvalue weighted by Gasteiger charge is 2.19. The number of rotatable bonds is 3. The van der Waals surface area contributed by atoms with Gasteiger partial charge in [-0.1, -0.05) is 42.5 Å². The van der Waals surface area contributed by atoms with Crippen LogP contribution in [0.25, 0.3) is 21.9 Å². The summed E-state index contributed by atoms with van der Waals surface area (Å²) in [6, 6.07) is 14.8. The van der Waals surface area contributed by atoms with Gasteiger partial charge < -0.3 is 9.84 Å². The lowest BCUT2D eigenvalue weighted by Gasteiger charge is -2.13. The highest BCUT2D eigenvalue weighted by atomic mass is 19.1. The van der Waals surface area contributed by atoms with E-state index in [1.54, 1.807) is 49.4 Å². The molecule has 3 aromatic rings. The molecule has 0 heterocycles. The molecule has 3 rings (SSSR count). The monoisotopic (exact) mass is 310 g/mol. The highest BCUT2D eigenvalue weighted by Crippen LogP contribution is 2.38. The van der Waals surface area contributed by atoms with Gasteiger partial charge in [-0.05, 0) is 30.0 Å². The number of ether oxygens (including phenoxy) is 1. The van der Waals surface area contributed by atoms with Crippen LogP contribution >= 0.6 is 0 Å². The lowest BCUT2D eigenvalue weighted by Crippen LogP contribution is -2.05. The Bertz CT molecular complexity index is 887. The maximum atomic E-state index is 14.2. The van der Waals surface area contributed by atoms with Crippen molar-refractivity contribution in [2.45, 2.75) is 6.92 Å². The number of fused-ring (bicyclic) bond motifs is 1. The van der Waals surface area contributed by atoms with Crippen molar-refractivity contribution in [3.63, 3.8) is 0 Å². The Morgan fingerprint density at radius 1 is 1.04 bits per heavy atom. The first-order chi connectivity index (χ1) is 11.1. The van der Waals surface area contributed by atoms with Gasteiger partial charge in [-0.2, -0.15) is 0 Å². The van der Waals surface area contributed by atoms with Gasteiger partial charge in [0.1, 0.15) is 17.1 Å². The summed E-state index contributed by atoms with van der Waals surface area (Å²) in [4.78, 5) is 12.1. The zero-order valence-corrected chi connectivity index (χ0v) is 12.5. The number of hydrogen-bond donors (Lipinski definition) is 1. The summed E-state index contributed by atoms with van der Waals surface area (Å²) in [6.07, 6.45) is 0. The van der Waals surface area contributed by atoms with Crippen LogP contribution in [0.2, 0.25) is 0 Å². The number of halogens is 1. The molecule has 1 N–H and O–H groups in total. The van der Waals surface area contributed by atoms with E-state index in [0.29, 0.717) is 21.9 Å². The van der Waals surface area contributed by atoms with Gasteiger partial charge in [-0.25, -0.2) is 9.18 Å². The number of aromatic hydroxyl groups is 1. The third-order valence-corrected chi connectivity index (χ3v) is 3.68. The van der Waals surface area contributed by atoms with Crippen LogP contribution in [-0.4, -0.2) is 17.7 Å². The van der Waals surface area contributed by atoms with Gasteiger partial charge in [-0.3, -0.25) is 0 Å². The Balaban J connectivity index is 2.35. The molecule has 23 heavy (non-hydrogen) atoms. The molecule has 0 amide bonds. The summed E-state index contributed by atoms with van der Waals surface area (Å²) in [6.45, 7) is 1.88. The zero-order valence-electron chi connectivity index (χ0n) is 12.5. The smallest absolute Gasteiger partial charge is 0.341 e. The Hall–Kier alpha value is -2.88. The molecule has 3 nitrogen and oxygen atoms in total. The van der Waals surface area contributed by atoms with E-state index >= 15 is 0 Å². The van der Waals surface area contributed by atoms with Crippen LogP contribution in [0, 0.1) is 5.82 Å². The number of phenolic OH excluding ortho intramolecular Hbond substituents is 1. The van der Waals surface area contributed by atoms with Crippen LogP contribution < -0.4 is 0 Å². The fraction of sp³-hybridized carbons (Fsp3) is 0.105. The van der Waals surface area contributed by atoms with Crippen molar-refractivity contribution < 1.29 is 19.0 Å². The van der Waals surface area contributed by atoms with E-state index in [2.05, 4.69) is 0 Å². The van der Waals surface area contributed by atoms with Crippen molar-refractivity contribution in [2.75, 3.05) is 6.61 Å². The Morgan fingerprint density at radius 2 is 1.70 bits per heavy atom. The van der Waals surface area contributed by atoms with Gasteiger partial charge in [0.15, 0.2) is 0 Å². The minimum Gasteiger partial charge on any atom is -0.506 e. The summed E-state index contributed by atoms with van der Waals surface area (Å²) in [5.41, 5.74) is 0.942. The number of carbonyl (C=O) groups is 1. The van der Waals surface area contributed by atoms with Crippen LogP contribution in [0.4, 0.5) is 4.39 Å². The molecule has 0 saturated carbocycles. The maximum absolute atomic E-state index is 14.2. The second-order valence-corrected chi connectivity index (χ2v) is 5.07. The molecule has 0 aliphatic rings. The predicted octanol–water partition coefficient (Wildman–Crippen LogP) is 4.53. The fourth-order valence-electron chi connectivity index (χ4n) is 2.63. The van der Waals surface area contributed by atoms with E-state index in [9.17, 15) is 14.3 Å². The molecule has 0 saturated heterocycles. The number of carbonyl (C=O) groups excluding carboxylic acids is 1. The van der Waals surface area contributed by atoms with E-state index < -0.39 is 11.8 Å². The highest BCUT2D eigenvalue weighted by molar-refractivity contribution is 6.07. The quantitative estimate of drug-likeness (QED) is 0.723. The maximum Gasteiger partial charge on any atom is 0.341 e. The van der Waals surface area contributed by atoms with Crippen molar-refractivity contribution in [3.8, 4) is 16.9 Å². The Kier molecular flexibility index (Phi) is 3.98. The molecule has 0 atom stereocenters. The molecule has 0 fully saturated rings. The van der Waals surface area contributed by atoms with Crippen LogP contribution in [0.5, 0.6) is 5.75 Å². The van der Waals surface area contributed by atoms with E-state index in [-0.39, 0.29) is 17.9 Å². The lowest BCUT2D eigenvalue weighted by atomic mass is 9.94. The first kappa shape index (κ1) is 15.0. The first-order valence-corrected chi connectivity index (χ1v) is 7.30. The molecule has 0 aliphatic carbocycles. The molecular formula is C19H15FO3. The molecule has 116 valence electrons. The molecule has 4 heteroatoms. The van der Waals surface area contributed by atoms with Crippen molar-refractivity contribution >= 4 is 16.7 Å². The SMILES string of the molecule is CCOC(=O)c1cc(-c2ccccc2F)c2ccccc2c1O. The third kappa shape index (κ3) is 2.63. The van der Waals surface area contributed by atoms with E-state index in [1.165, 1.54) is 12.1 Å². The van der Waals surface area contributed by atoms with E-state index in [4.69, 9.17) is 4.74 Å². The van der Waals surface area contributed by atoms with Crippen LogP contribution in [-0.2, 0) is 4.74 Å². The minimum atomic E-state index is -0.631. The molecule has 0 radical (unpaired) electrons. The van der Waals surface area contributed by atoms with Crippen LogP contribution in [0.3, 0.4) is 0 Å². The van der Waals surface area contributed by atoms with Gasteiger partial charge in [0.2, 0.25) is 0 Å². The van der Waals surface area contributed by atoms with Crippen LogP contribution in [0.15, 0.2) is 54.6 Å². The molecular weight excluding hydrogens is 295 g/mol. The summed E-state index contributed by atoms with van der Waals surface area (Å²) >= 11 is 0. The van der Waals surface area contributed by atoms with Gasteiger partial charge in [0.05, 0.1) is 6.61 Å². The predicted molar refractivity (Wildman–Crippen MR) is 87.0 cm³/mol. The molecule has 0 spiro atoms. The number of hydrogen-bond acceptors (Lipinski definition) is 3. The van der Waals surface area contributed by atoms with Gasteiger partial charge >= 0.3 is 5.97 Å².